The number of hydrogen-bond donors (Lipinski definition) is 2. The van der Waals surface area contributed by atoms with Crippen LogP contribution in [0, 0.1) is 0 Å². The summed E-state index contributed by atoms with van der Waals surface area (Å²) >= 11 is 7.05. The monoisotopic (exact) mass is 589 g/mol. The molecule has 0 saturated carbocycles. The van der Waals surface area contributed by atoms with Crippen LogP contribution in [0.5, 0.6) is 5.75 Å². The normalized spacial score (nSPS) is 14.2. The minimum absolute atomic E-state index is 0. The van der Waals surface area contributed by atoms with Crippen molar-refractivity contribution in [1.82, 2.24) is 5.32 Å². The van der Waals surface area contributed by atoms with Crippen molar-refractivity contribution in [2.45, 2.75) is 4.90 Å². The molecule has 10 heteroatoms. The summed E-state index contributed by atoms with van der Waals surface area (Å²) in [7, 11) is -2.22. The predicted molar refractivity (Wildman–Crippen MR) is 135 cm³/mol. The van der Waals surface area contributed by atoms with E-state index >= 15 is 0 Å². The number of hydrogen-bond acceptors (Lipinski definition) is 5. The lowest BCUT2D eigenvalue weighted by Gasteiger charge is -2.30. The summed E-state index contributed by atoms with van der Waals surface area (Å²) in [5.41, 5.74) is 1.29. The van der Waals surface area contributed by atoms with E-state index in [0.717, 1.165) is 47.1 Å². The number of methoxy groups -OCH3 is 1. The van der Waals surface area contributed by atoms with E-state index in [4.69, 9.17) is 4.74 Å². The summed E-state index contributed by atoms with van der Waals surface area (Å²) in [6.45, 7) is 3.26. The van der Waals surface area contributed by atoms with Crippen molar-refractivity contribution in [3.63, 3.8) is 0 Å². The summed E-state index contributed by atoms with van der Waals surface area (Å²) in [6.07, 6.45) is 0. The van der Waals surface area contributed by atoms with Crippen molar-refractivity contribution in [3.8, 4) is 5.75 Å². The van der Waals surface area contributed by atoms with Gasteiger partial charge in [-0.1, -0.05) is 40.2 Å². The molecule has 0 atom stereocenters. The quantitative estimate of drug-likeness (QED) is 0.437. The largest absolute Gasteiger partial charge is 0.495 e. The Bertz CT molecular complexity index is 1200. The van der Waals surface area contributed by atoms with Gasteiger partial charge in [0.25, 0.3) is 10.0 Å². The Morgan fingerprint density at radius 1 is 1.00 bits per heavy atom. The molecule has 166 valence electrons. The maximum Gasteiger partial charge on any atom is 0.262 e. The predicted octanol–water partition coefficient (Wildman–Crippen LogP) is 5.01. The molecule has 1 aliphatic rings. The SMILES string of the molecule is COc1ccc(S(=O)(=O)Nc2c(Br)cc(Br)c3ccccc23)cc1N1CCNCC1.Cl. The van der Waals surface area contributed by atoms with E-state index in [-0.39, 0.29) is 17.3 Å². The number of sulfonamides is 1. The number of fused-ring (bicyclic) bond motifs is 1. The Labute approximate surface area is 205 Å². The number of halogens is 3. The smallest absolute Gasteiger partial charge is 0.262 e. The highest BCUT2D eigenvalue weighted by Crippen LogP contribution is 2.38. The second kappa shape index (κ2) is 9.95. The first-order valence-corrected chi connectivity index (χ1v) is 12.5. The minimum atomic E-state index is -3.82. The Morgan fingerprint density at radius 2 is 1.68 bits per heavy atom. The molecular weight excluding hydrogens is 570 g/mol. The first-order chi connectivity index (χ1) is 14.4. The van der Waals surface area contributed by atoms with Gasteiger partial charge in [0.1, 0.15) is 5.75 Å². The second-order valence-electron chi connectivity index (χ2n) is 6.94. The number of benzene rings is 3. The van der Waals surface area contributed by atoms with Gasteiger partial charge in [-0.15, -0.1) is 12.4 Å². The van der Waals surface area contributed by atoms with Gasteiger partial charge in [0.15, 0.2) is 0 Å². The molecule has 6 nitrogen and oxygen atoms in total. The Morgan fingerprint density at radius 3 is 2.35 bits per heavy atom. The summed E-state index contributed by atoms with van der Waals surface area (Å²) in [4.78, 5) is 2.33. The molecule has 0 bridgehead atoms. The van der Waals surface area contributed by atoms with Crippen LogP contribution in [0.4, 0.5) is 11.4 Å². The van der Waals surface area contributed by atoms with Gasteiger partial charge in [0.05, 0.1) is 23.4 Å². The van der Waals surface area contributed by atoms with Crippen LogP contribution in [0.15, 0.2) is 62.4 Å². The van der Waals surface area contributed by atoms with Crippen LogP contribution < -0.4 is 19.7 Å². The third kappa shape index (κ3) is 4.96. The summed E-state index contributed by atoms with van der Waals surface area (Å²) in [6, 6.07) is 14.4. The molecule has 0 aromatic heterocycles. The average molecular weight is 592 g/mol. The van der Waals surface area contributed by atoms with E-state index in [9.17, 15) is 8.42 Å². The van der Waals surface area contributed by atoms with E-state index in [1.165, 1.54) is 0 Å². The zero-order chi connectivity index (χ0) is 21.3. The van der Waals surface area contributed by atoms with Gasteiger partial charge in [-0.2, -0.15) is 0 Å². The number of ether oxygens (including phenoxy) is 1. The highest BCUT2D eigenvalue weighted by molar-refractivity contribution is 9.11. The van der Waals surface area contributed by atoms with Crippen LogP contribution >= 0.6 is 44.3 Å². The summed E-state index contributed by atoms with van der Waals surface area (Å²) in [5, 5.41) is 5.03. The molecule has 3 aromatic rings. The molecule has 0 unspecified atom stereocenters. The van der Waals surface area contributed by atoms with Gasteiger partial charge in [-0.3, -0.25) is 4.72 Å². The molecule has 0 aliphatic carbocycles. The van der Waals surface area contributed by atoms with Crippen LogP contribution in [0.2, 0.25) is 0 Å². The molecule has 1 heterocycles. The fourth-order valence-electron chi connectivity index (χ4n) is 3.59. The van der Waals surface area contributed by atoms with Crippen molar-refractivity contribution < 1.29 is 13.2 Å². The van der Waals surface area contributed by atoms with Crippen LogP contribution in [0.1, 0.15) is 0 Å². The first-order valence-electron chi connectivity index (χ1n) is 9.44. The third-order valence-electron chi connectivity index (χ3n) is 5.10. The number of rotatable bonds is 5. The van der Waals surface area contributed by atoms with E-state index in [0.29, 0.717) is 15.9 Å². The maximum atomic E-state index is 13.3. The molecule has 1 fully saturated rings. The van der Waals surface area contributed by atoms with E-state index in [2.05, 4.69) is 46.8 Å². The van der Waals surface area contributed by atoms with E-state index in [1.807, 2.05) is 30.3 Å². The van der Waals surface area contributed by atoms with Crippen LogP contribution in [0.3, 0.4) is 0 Å². The molecule has 31 heavy (non-hydrogen) atoms. The molecule has 1 aliphatic heterocycles. The lowest BCUT2D eigenvalue weighted by Crippen LogP contribution is -2.43. The lowest BCUT2D eigenvalue weighted by atomic mass is 10.1. The maximum absolute atomic E-state index is 13.3. The van der Waals surface area contributed by atoms with Crippen molar-refractivity contribution in [2.24, 2.45) is 0 Å². The highest BCUT2D eigenvalue weighted by atomic mass is 79.9. The standard InChI is InChI=1S/C21H21Br2N3O3S.ClH/c1-29-20-7-6-14(12-19(20)26-10-8-24-9-11-26)30(27,28)25-21-16-5-3-2-4-15(16)17(22)13-18(21)23;/h2-7,12-13,24-25H,8-11H2,1H3;1H. The third-order valence-corrected chi connectivity index (χ3v) is 7.73. The number of anilines is 2. The van der Waals surface area contributed by atoms with E-state index < -0.39 is 10.0 Å². The van der Waals surface area contributed by atoms with Crippen molar-refractivity contribution in [3.05, 3.63) is 57.5 Å². The van der Waals surface area contributed by atoms with Gasteiger partial charge < -0.3 is 15.0 Å². The highest BCUT2D eigenvalue weighted by Gasteiger charge is 2.22. The Balaban J connectivity index is 0.00000272. The van der Waals surface area contributed by atoms with E-state index in [1.54, 1.807) is 25.3 Å². The molecular formula is C21H22Br2ClN3O3S. The zero-order valence-electron chi connectivity index (χ0n) is 16.7. The molecule has 4 rings (SSSR count). The fourth-order valence-corrected chi connectivity index (χ4v) is 6.26. The molecule has 0 amide bonds. The number of nitrogens with one attached hydrogen (secondary N) is 2. The molecule has 3 aromatic carbocycles. The minimum Gasteiger partial charge on any atom is -0.495 e. The van der Waals surface area contributed by atoms with Crippen molar-refractivity contribution in [2.75, 3.05) is 42.9 Å². The summed E-state index contributed by atoms with van der Waals surface area (Å²) < 4.78 is 36.4. The molecule has 1 saturated heterocycles. The molecule has 2 N–H and O–H groups in total. The summed E-state index contributed by atoms with van der Waals surface area (Å²) in [5.74, 6) is 0.658. The molecule has 0 spiro atoms. The zero-order valence-corrected chi connectivity index (χ0v) is 21.5. The lowest BCUT2D eigenvalue weighted by molar-refractivity contribution is 0.412. The second-order valence-corrected chi connectivity index (χ2v) is 10.3. The van der Waals surface area contributed by atoms with Crippen LogP contribution in [-0.2, 0) is 10.0 Å². The van der Waals surface area contributed by atoms with Gasteiger partial charge in [0.2, 0.25) is 0 Å². The van der Waals surface area contributed by atoms with Crippen LogP contribution in [0.25, 0.3) is 10.8 Å². The molecule has 0 radical (unpaired) electrons. The number of piperazine rings is 1. The number of nitrogens with zero attached hydrogens (tertiary/aromatic N) is 1. The van der Waals surface area contributed by atoms with Crippen molar-refractivity contribution in [1.29, 1.82) is 0 Å². The Hall–Kier alpha value is -1.52. The fraction of sp³-hybridized carbons (Fsp3) is 0.238. The Kier molecular flexibility index (Phi) is 7.75. The van der Waals surface area contributed by atoms with Crippen LogP contribution in [-0.4, -0.2) is 41.7 Å². The average Bonchev–Trinajstić information content (AvgIpc) is 2.77. The van der Waals surface area contributed by atoms with Gasteiger partial charge in [-0.05, 0) is 45.6 Å². The van der Waals surface area contributed by atoms with Crippen molar-refractivity contribution >= 4 is 76.4 Å². The van der Waals surface area contributed by atoms with Gasteiger partial charge >= 0.3 is 0 Å². The topological polar surface area (TPSA) is 70.7 Å². The first kappa shape index (κ1) is 24.1. The van der Waals surface area contributed by atoms with Gasteiger partial charge in [-0.25, -0.2) is 8.42 Å². The van der Waals surface area contributed by atoms with Gasteiger partial charge in [0, 0.05) is 40.5 Å².